The maximum absolute atomic E-state index is 13.9. The van der Waals surface area contributed by atoms with Gasteiger partial charge in [0.25, 0.3) is 5.91 Å². The molecule has 8 nitrogen and oxygen atoms in total. The van der Waals surface area contributed by atoms with Gasteiger partial charge in [0, 0.05) is 11.1 Å². The van der Waals surface area contributed by atoms with E-state index in [1.807, 2.05) is 0 Å². The monoisotopic (exact) mass is 414 g/mol. The molecule has 9 heteroatoms. The lowest BCUT2D eigenvalue weighted by atomic mass is 10.1. The summed E-state index contributed by atoms with van der Waals surface area (Å²) in [5.74, 6) is -1.99. The van der Waals surface area contributed by atoms with Gasteiger partial charge in [0.1, 0.15) is 11.5 Å². The van der Waals surface area contributed by atoms with Gasteiger partial charge in [0.05, 0.1) is 13.7 Å². The number of benzene rings is 2. The number of aliphatic carboxylic acids is 1. The van der Waals surface area contributed by atoms with Crippen LogP contribution in [0.3, 0.4) is 0 Å². The van der Waals surface area contributed by atoms with Crippen LogP contribution in [0.15, 0.2) is 48.2 Å². The lowest BCUT2D eigenvalue weighted by molar-refractivity contribution is -0.144. The smallest absolute Gasteiger partial charge is 0.344 e. The summed E-state index contributed by atoms with van der Waals surface area (Å²) in [5.41, 5.74) is 0.471. The van der Waals surface area contributed by atoms with E-state index in [4.69, 9.17) is 14.6 Å². The van der Waals surface area contributed by atoms with Crippen molar-refractivity contribution in [3.8, 4) is 11.5 Å². The van der Waals surface area contributed by atoms with Crippen molar-refractivity contribution in [2.45, 2.75) is 19.6 Å². The Morgan fingerprint density at radius 1 is 1.23 bits per heavy atom. The van der Waals surface area contributed by atoms with Gasteiger partial charge in [-0.05, 0) is 25.1 Å². The van der Waals surface area contributed by atoms with Crippen LogP contribution in [0.5, 0.6) is 11.5 Å². The molecule has 30 heavy (non-hydrogen) atoms. The van der Waals surface area contributed by atoms with E-state index in [9.17, 15) is 18.8 Å². The minimum atomic E-state index is -1.18. The lowest BCUT2D eigenvalue weighted by Gasteiger charge is -2.16. The average Bonchev–Trinajstić information content (AvgIpc) is 2.98. The van der Waals surface area contributed by atoms with Crippen molar-refractivity contribution in [2.24, 2.45) is 0 Å². The normalized spacial score (nSPS) is 15.8. The van der Waals surface area contributed by atoms with Gasteiger partial charge >= 0.3 is 12.0 Å². The number of amides is 3. The number of para-hydroxylation sites is 1. The summed E-state index contributed by atoms with van der Waals surface area (Å²) in [6.07, 6.45) is 0.179. The van der Waals surface area contributed by atoms with E-state index < -0.39 is 29.8 Å². The molecule has 0 radical (unpaired) electrons. The molecule has 0 aliphatic carbocycles. The van der Waals surface area contributed by atoms with Crippen LogP contribution in [0.25, 0.3) is 6.08 Å². The first-order valence-electron chi connectivity index (χ1n) is 8.96. The highest BCUT2D eigenvalue weighted by molar-refractivity contribution is 6.14. The molecule has 1 saturated heterocycles. The Morgan fingerprint density at radius 3 is 2.63 bits per heavy atom. The van der Waals surface area contributed by atoms with Crippen molar-refractivity contribution < 1.29 is 33.4 Å². The number of carbonyl (C=O) groups excluding carboxylic acids is 2. The number of halogens is 1. The highest BCUT2D eigenvalue weighted by atomic mass is 19.1. The number of rotatable bonds is 7. The zero-order valence-corrected chi connectivity index (χ0v) is 16.2. The zero-order chi connectivity index (χ0) is 21.8. The topological polar surface area (TPSA) is 105 Å². The van der Waals surface area contributed by atoms with Gasteiger partial charge in [-0.2, -0.15) is 0 Å². The number of imide groups is 1. The van der Waals surface area contributed by atoms with Crippen molar-refractivity contribution in [3.63, 3.8) is 0 Å². The molecule has 0 spiro atoms. The summed E-state index contributed by atoms with van der Waals surface area (Å²) in [4.78, 5) is 37.0. The number of nitrogens with one attached hydrogen (secondary N) is 1. The van der Waals surface area contributed by atoms with Crippen molar-refractivity contribution in [1.82, 2.24) is 10.2 Å². The van der Waals surface area contributed by atoms with Gasteiger partial charge in [0.2, 0.25) is 0 Å². The second-order valence-electron chi connectivity index (χ2n) is 6.45. The first-order valence-corrected chi connectivity index (χ1v) is 8.96. The molecular weight excluding hydrogens is 395 g/mol. The average molecular weight is 414 g/mol. The molecule has 3 rings (SSSR count). The fourth-order valence-corrected chi connectivity index (χ4v) is 2.83. The lowest BCUT2D eigenvalue weighted by Crippen LogP contribution is -2.30. The summed E-state index contributed by atoms with van der Waals surface area (Å²) in [5, 5.41) is 11.6. The van der Waals surface area contributed by atoms with Gasteiger partial charge in [-0.3, -0.25) is 9.69 Å². The molecule has 1 aliphatic heterocycles. The van der Waals surface area contributed by atoms with E-state index in [1.54, 1.807) is 24.3 Å². The highest BCUT2D eigenvalue weighted by Crippen LogP contribution is 2.34. The summed E-state index contributed by atoms with van der Waals surface area (Å²) >= 11 is 0. The molecule has 2 aromatic rings. The number of carboxylic acid groups (broad SMARTS) is 1. The van der Waals surface area contributed by atoms with E-state index in [1.165, 1.54) is 38.3 Å². The second-order valence-corrected chi connectivity index (χ2v) is 6.45. The van der Waals surface area contributed by atoms with Crippen LogP contribution >= 0.6 is 0 Å². The third kappa shape index (κ3) is 4.24. The predicted octanol–water partition coefficient (Wildman–Crippen LogP) is 2.78. The maximum Gasteiger partial charge on any atom is 0.344 e. The Bertz CT molecular complexity index is 1040. The largest absolute Gasteiger partial charge is 0.493 e. The molecule has 1 aliphatic rings. The number of ether oxygens (including phenoxy) is 2. The molecule has 156 valence electrons. The molecule has 3 amide bonds. The van der Waals surface area contributed by atoms with Gasteiger partial charge in [-0.15, -0.1) is 0 Å². The number of carbonyl (C=O) groups is 3. The summed E-state index contributed by atoms with van der Waals surface area (Å²) in [6, 6.07) is 9.94. The first-order chi connectivity index (χ1) is 14.3. The van der Waals surface area contributed by atoms with E-state index >= 15 is 0 Å². The number of methoxy groups -OCH3 is 1. The van der Waals surface area contributed by atoms with Crippen LogP contribution in [0, 0.1) is 5.82 Å². The first kappa shape index (κ1) is 20.8. The Morgan fingerprint density at radius 2 is 1.97 bits per heavy atom. The van der Waals surface area contributed by atoms with Gasteiger partial charge in [-0.25, -0.2) is 14.0 Å². The Labute approximate surface area is 171 Å². The molecule has 1 heterocycles. The number of hydrogen-bond acceptors (Lipinski definition) is 5. The van der Waals surface area contributed by atoms with E-state index in [0.29, 0.717) is 5.56 Å². The second kappa shape index (κ2) is 8.64. The molecule has 2 aromatic carbocycles. The van der Waals surface area contributed by atoms with Crippen molar-refractivity contribution >= 4 is 24.0 Å². The third-order valence-corrected chi connectivity index (χ3v) is 4.42. The summed E-state index contributed by atoms with van der Waals surface area (Å²) in [6.45, 7) is 1.12. The van der Waals surface area contributed by atoms with Crippen LogP contribution in [0.1, 0.15) is 18.1 Å². The van der Waals surface area contributed by atoms with Crippen LogP contribution in [-0.2, 0) is 16.1 Å². The van der Waals surface area contributed by atoms with E-state index in [-0.39, 0.29) is 29.3 Å². The fourth-order valence-electron chi connectivity index (χ4n) is 2.83. The molecule has 2 N–H and O–H groups in total. The van der Waals surface area contributed by atoms with Gasteiger partial charge in [0.15, 0.2) is 17.6 Å². The van der Waals surface area contributed by atoms with Crippen LogP contribution in [-0.4, -0.2) is 41.1 Å². The molecular formula is C21H19FN2O6. The molecule has 0 saturated carbocycles. The number of urea groups is 1. The molecule has 0 aromatic heterocycles. The minimum absolute atomic E-state index is 0.0579. The highest BCUT2D eigenvalue weighted by Gasteiger charge is 2.34. The Kier molecular flexibility index (Phi) is 6.01. The Balaban J connectivity index is 1.92. The summed E-state index contributed by atoms with van der Waals surface area (Å²) < 4.78 is 24.6. The van der Waals surface area contributed by atoms with E-state index in [2.05, 4.69) is 5.32 Å². The van der Waals surface area contributed by atoms with Crippen LogP contribution in [0.2, 0.25) is 0 Å². The van der Waals surface area contributed by atoms with Crippen molar-refractivity contribution in [2.75, 3.05) is 7.11 Å². The summed E-state index contributed by atoms with van der Waals surface area (Å²) in [7, 11) is 1.39. The fraction of sp³-hybridized carbons (Fsp3) is 0.190. The molecule has 1 atom stereocenters. The number of hydrogen-bond donors (Lipinski definition) is 2. The molecule has 0 bridgehead atoms. The molecule has 0 unspecified atom stereocenters. The van der Waals surface area contributed by atoms with E-state index in [0.717, 1.165) is 4.90 Å². The standard InChI is InChI=1S/C21H19FN2O6/c1-12(20(26)27)30-18-13(7-5-9-17(18)29-2)10-16-19(25)24(21(28)23-16)11-14-6-3-4-8-15(14)22/h3-10,12H,11H2,1-2H3,(H,23,28)(H,26,27)/b16-10-/t12-/m0/s1. The zero-order valence-electron chi connectivity index (χ0n) is 16.2. The quantitative estimate of drug-likeness (QED) is 0.533. The number of nitrogens with zero attached hydrogens (tertiary/aromatic N) is 1. The van der Waals surface area contributed by atoms with Crippen molar-refractivity contribution in [1.29, 1.82) is 0 Å². The van der Waals surface area contributed by atoms with Crippen LogP contribution in [0.4, 0.5) is 9.18 Å². The number of carboxylic acids is 1. The van der Waals surface area contributed by atoms with Crippen molar-refractivity contribution in [3.05, 3.63) is 65.1 Å². The van der Waals surface area contributed by atoms with Crippen LogP contribution < -0.4 is 14.8 Å². The van der Waals surface area contributed by atoms with Gasteiger partial charge in [-0.1, -0.05) is 30.3 Å². The predicted molar refractivity (Wildman–Crippen MR) is 104 cm³/mol. The SMILES string of the molecule is COc1cccc(/C=C2\NC(=O)N(Cc3ccccc3F)C2=O)c1O[C@@H](C)C(=O)O. The third-order valence-electron chi connectivity index (χ3n) is 4.42. The van der Waals surface area contributed by atoms with Gasteiger partial charge < -0.3 is 19.9 Å². The maximum atomic E-state index is 13.9. The minimum Gasteiger partial charge on any atom is -0.493 e. The Hall–Kier alpha value is -3.88. The molecule has 1 fully saturated rings.